The van der Waals surface area contributed by atoms with Crippen molar-refractivity contribution in [1.29, 1.82) is 0 Å². The molecule has 0 spiro atoms. The molecule has 0 aliphatic heterocycles. The van der Waals surface area contributed by atoms with Crippen molar-refractivity contribution in [1.82, 2.24) is 0 Å². The first-order chi connectivity index (χ1) is 15.1. The summed E-state index contributed by atoms with van der Waals surface area (Å²) in [6, 6.07) is 0. The van der Waals surface area contributed by atoms with E-state index in [1.54, 1.807) is 0 Å². The average Bonchev–Trinajstić information content (AvgIpc) is 2.58. The van der Waals surface area contributed by atoms with Gasteiger partial charge in [-0.25, -0.2) is 0 Å². The van der Waals surface area contributed by atoms with Crippen LogP contribution in [-0.4, -0.2) is 57.1 Å². The maximum atomic E-state index is 8.94. The van der Waals surface area contributed by atoms with E-state index in [1.165, 1.54) is 0 Å². The second-order valence-corrected chi connectivity index (χ2v) is 82.9. The fourth-order valence-electron chi connectivity index (χ4n) is 7.09. The molecule has 0 bridgehead atoms. The summed E-state index contributed by atoms with van der Waals surface area (Å²) < 4.78 is 0. The van der Waals surface area contributed by atoms with Crippen LogP contribution in [0.25, 0.3) is 0 Å². The van der Waals surface area contributed by atoms with Crippen LogP contribution in [0.4, 0.5) is 0 Å². The quantitative estimate of drug-likeness (QED) is 0.198. The van der Waals surface area contributed by atoms with Gasteiger partial charge in [0.2, 0.25) is 0 Å². The van der Waals surface area contributed by atoms with Gasteiger partial charge in [0.15, 0.2) is 0 Å². The standard InChI is InChI=1S/C27H63Cl2GeSi6/c1-22(2,3)33(19,23(4,5)6)31(28)36(29,35(21,26(13,14)15)27(16,17)18)32(30)34(20,24(7,8)9)25(10,11)12/h1-21H3/t36-/m0/s1. The molecule has 9 heteroatoms. The van der Waals surface area contributed by atoms with Gasteiger partial charge in [-0.2, -0.15) is 0 Å². The molecule has 0 aromatic carbocycles. The van der Waals surface area contributed by atoms with E-state index in [0.29, 0.717) is 0 Å². The molecule has 0 aromatic heterocycles. The van der Waals surface area contributed by atoms with Gasteiger partial charge in [0.25, 0.3) is 0 Å². The Morgan fingerprint density at radius 3 is 0.861 bits per heavy atom. The molecule has 0 aromatic rings. The monoisotopic (exact) mass is 699 g/mol. The third kappa shape index (κ3) is 5.72. The Labute approximate surface area is 251 Å². The van der Waals surface area contributed by atoms with E-state index < -0.39 is 41.7 Å². The van der Waals surface area contributed by atoms with Crippen molar-refractivity contribution in [2.75, 3.05) is 0 Å². The molecule has 0 saturated carbocycles. The molecule has 36 heavy (non-hydrogen) atoms. The normalized spacial score (nSPS) is 17.9. The van der Waals surface area contributed by atoms with E-state index >= 15 is 0 Å². The fourth-order valence-corrected chi connectivity index (χ4v) is 221. The van der Waals surface area contributed by atoms with E-state index in [-0.39, 0.29) is 30.2 Å². The number of hydrogen-bond donors (Lipinski definition) is 0. The molecule has 0 aliphatic rings. The molecule has 1 atom stereocenters. The summed E-state index contributed by atoms with van der Waals surface area (Å²) in [5, 5.41) is 1.39. The van der Waals surface area contributed by atoms with Crippen LogP contribution >= 0.6 is 22.2 Å². The molecule has 0 saturated heterocycles. The van der Waals surface area contributed by atoms with Gasteiger partial charge in [-0.05, 0) is 0 Å². The van der Waals surface area contributed by atoms with Crippen molar-refractivity contribution in [2.24, 2.45) is 0 Å². The Morgan fingerprint density at radius 1 is 0.472 bits per heavy atom. The van der Waals surface area contributed by atoms with Crippen molar-refractivity contribution in [2.45, 2.75) is 174 Å². The summed E-state index contributed by atoms with van der Waals surface area (Å²) in [6.07, 6.45) is 0. The van der Waals surface area contributed by atoms with Crippen LogP contribution in [0.2, 0.25) is 49.9 Å². The van der Waals surface area contributed by atoms with Crippen LogP contribution in [0.3, 0.4) is 0 Å². The first-order valence-electron chi connectivity index (χ1n) is 13.9. The molecule has 0 rings (SSSR count). The molecule has 0 unspecified atom stereocenters. The van der Waals surface area contributed by atoms with Crippen molar-refractivity contribution >= 4 is 79.3 Å². The van der Waals surface area contributed by atoms with Crippen molar-refractivity contribution in [3.05, 3.63) is 0 Å². The number of hydrogen-bond acceptors (Lipinski definition) is 0. The molecule has 0 fully saturated rings. The van der Waals surface area contributed by atoms with Gasteiger partial charge in [-0.3, -0.25) is 0 Å². The Hall–Kier alpha value is 2.42. The van der Waals surface area contributed by atoms with Crippen LogP contribution in [-0.2, 0) is 0 Å². The molecule has 213 valence electrons. The minimum absolute atomic E-state index is 0.201. The Morgan fingerprint density at radius 2 is 0.694 bits per heavy atom. The second-order valence-electron chi connectivity index (χ2n) is 18.2. The third-order valence-corrected chi connectivity index (χ3v) is 152. The van der Waals surface area contributed by atoms with E-state index in [4.69, 9.17) is 22.2 Å². The van der Waals surface area contributed by atoms with Crippen LogP contribution < -0.4 is 0 Å². The average molecular weight is 700 g/mol. The SMILES string of the molecule is CC(C)(C)[Si](C)([Si](Cl)[Si@@](Cl)([Si](=[Ge])[Si](C)(C(C)(C)C)C(C)(C)C)[Si](C)(C(C)(C)C)C(C)(C)C)C(C)(C)C. The maximum absolute atomic E-state index is 8.94. The van der Waals surface area contributed by atoms with Crippen molar-refractivity contribution < 1.29 is 0 Å². The van der Waals surface area contributed by atoms with Gasteiger partial charge >= 0.3 is 254 Å². The van der Waals surface area contributed by atoms with Crippen LogP contribution in [0.1, 0.15) is 125 Å². The summed E-state index contributed by atoms with van der Waals surface area (Å²) in [4.78, 5) is 0. The fraction of sp³-hybridized carbons (Fsp3) is 1.00. The molecular weight excluding hydrogens is 636 g/mol. The van der Waals surface area contributed by atoms with Gasteiger partial charge in [0.05, 0.1) is 0 Å². The van der Waals surface area contributed by atoms with Gasteiger partial charge in [0, 0.05) is 0 Å². The van der Waals surface area contributed by atoms with Crippen molar-refractivity contribution in [3.63, 3.8) is 0 Å². The van der Waals surface area contributed by atoms with Gasteiger partial charge in [-0.15, -0.1) is 0 Å². The predicted octanol–water partition coefficient (Wildman–Crippen LogP) is 11.0. The zero-order valence-electron chi connectivity index (χ0n) is 28.3. The summed E-state index contributed by atoms with van der Waals surface area (Å²) in [7, 11) is -7.41. The first kappa shape index (κ1) is 38.4. The van der Waals surface area contributed by atoms with Crippen LogP contribution in [0, 0.1) is 0 Å². The van der Waals surface area contributed by atoms with Crippen LogP contribution in [0.15, 0.2) is 0 Å². The number of rotatable bonds is 5. The first-order valence-corrected chi connectivity index (χ1v) is 36.5. The van der Waals surface area contributed by atoms with E-state index in [2.05, 4.69) is 160 Å². The molecule has 0 nitrogen and oxygen atoms in total. The molecule has 0 N–H and O–H groups in total. The zero-order chi connectivity index (χ0) is 30.2. The Kier molecular flexibility index (Phi) is 11.3. The molecule has 0 aliphatic carbocycles. The summed E-state index contributed by atoms with van der Waals surface area (Å²) in [5.74, 6) is -3.43. The Balaban J connectivity index is 8.38. The van der Waals surface area contributed by atoms with E-state index in [1.807, 2.05) is 0 Å². The zero-order valence-corrected chi connectivity index (χ0v) is 37.9. The third-order valence-electron chi connectivity index (χ3n) is 11.3. The molecular formula is C27H63Cl2GeSi6. The topological polar surface area (TPSA) is 0 Å². The Bertz CT molecular complexity index is 774. The number of halogens is 2. The summed E-state index contributed by atoms with van der Waals surface area (Å²) in [5.41, 5.74) is 0. The summed E-state index contributed by atoms with van der Waals surface area (Å²) >= 11 is 20.1. The van der Waals surface area contributed by atoms with Crippen LogP contribution in [0.5, 0.6) is 0 Å². The van der Waals surface area contributed by atoms with Crippen molar-refractivity contribution in [3.8, 4) is 0 Å². The summed E-state index contributed by atoms with van der Waals surface area (Å²) in [6.45, 7) is 53.7. The van der Waals surface area contributed by atoms with Gasteiger partial charge in [0.1, 0.15) is 0 Å². The van der Waals surface area contributed by atoms with Gasteiger partial charge in [-0.1, -0.05) is 0 Å². The predicted molar refractivity (Wildman–Crippen MR) is 188 cm³/mol. The van der Waals surface area contributed by atoms with Gasteiger partial charge < -0.3 is 0 Å². The molecule has 0 heterocycles. The molecule has 0 amide bonds. The molecule has 3 radical (unpaired) electrons. The van der Waals surface area contributed by atoms with E-state index in [0.717, 1.165) is 0 Å². The van der Waals surface area contributed by atoms with E-state index in [9.17, 15) is 0 Å². The second kappa shape index (κ2) is 10.6. The minimum atomic E-state index is -2.49.